The van der Waals surface area contributed by atoms with Gasteiger partial charge in [0.25, 0.3) is 0 Å². The summed E-state index contributed by atoms with van der Waals surface area (Å²) in [5.74, 6) is 0.0251. The second-order valence-corrected chi connectivity index (χ2v) is 12.3. The van der Waals surface area contributed by atoms with Crippen molar-refractivity contribution in [2.75, 3.05) is 26.7 Å². The van der Waals surface area contributed by atoms with E-state index in [-0.39, 0.29) is 24.8 Å². The van der Waals surface area contributed by atoms with Crippen LogP contribution in [0.25, 0.3) is 0 Å². The Morgan fingerprint density at radius 1 is 1.14 bits per heavy atom. The van der Waals surface area contributed by atoms with E-state index >= 15 is 0 Å². The Bertz CT molecular complexity index is 1110. The summed E-state index contributed by atoms with van der Waals surface area (Å²) in [5.41, 5.74) is 1.04. The number of hydrogen-bond donors (Lipinski definition) is 2. The average molecular weight is 509 g/mol. The number of piperidine rings is 1. The number of β-amino-alcohol motifs (C(OH)–C–C–N with tert-alkyl or cyclic N) is 1. The lowest BCUT2D eigenvalue weighted by Gasteiger charge is -2.43. The summed E-state index contributed by atoms with van der Waals surface area (Å²) in [5, 5.41) is 22.6. The van der Waals surface area contributed by atoms with Gasteiger partial charge >= 0.3 is 0 Å². The Labute approximate surface area is 219 Å². The van der Waals surface area contributed by atoms with Crippen LogP contribution < -0.4 is 5.32 Å². The van der Waals surface area contributed by atoms with E-state index in [1.165, 1.54) is 0 Å². The van der Waals surface area contributed by atoms with E-state index in [2.05, 4.69) is 39.7 Å². The number of aliphatic hydroxyl groups excluding tert-OH is 1. The second-order valence-electron chi connectivity index (χ2n) is 12.3. The third-order valence-corrected chi connectivity index (χ3v) is 8.24. The molecular formula is C28H40N6O3. The minimum absolute atomic E-state index is 0.134. The Morgan fingerprint density at radius 2 is 1.81 bits per heavy atom. The SMILES string of the molecule is CN1CCC(NC(=O)C2CC(O)CN2C(=O)[C@@H](n2cc(C3CC3)nn2)C(C)(C)C)(c2ccccc2)CC1. The van der Waals surface area contributed by atoms with Gasteiger partial charge in [0.1, 0.15) is 12.1 Å². The third kappa shape index (κ3) is 5.29. The van der Waals surface area contributed by atoms with Crippen LogP contribution in [0.4, 0.5) is 0 Å². The Hall–Kier alpha value is -2.78. The molecule has 1 aromatic carbocycles. The maximum Gasteiger partial charge on any atom is 0.248 e. The molecule has 1 saturated carbocycles. The number of nitrogens with one attached hydrogen (secondary N) is 1. The molecule has 200 valence electrons. The highest BCUT2D eigenvalue weighted by Gasteiger charge is 2.47. The number of rotatable bonds is 6. The van der Waals surface area contributed by atoms with Crippen LogP contribution in [0.5, 0.6) is 0 Å². The summed E-state index contributed by atoms with van der Waals surface area (Å²) in [6.45, 7) is 7.87. The van der Waals surface area contributed by atoms with Crippen LogP contribution in [0, 0.1) is 5.41 Å². The number of hydrogen-bond acceptors (Lipinski definition) is 6. The predicted octanol–water partition coefficient (Wildman–Crippen LogP) is 2.44. The number of amides is 2. The number of aliphatic hydroxyl groups is 1. The molecule has 9 heteroatoms. The molecule has 3 fully saturated rings. The van der Waals surface area contributed by atoms with Gasteiger partial charge in [0.15, 0.2) is 0 Å². The van der Waals surface area contributed by atoms with Gasteiger partial charge in [-0.1, -0.05) is 56.3 Å². The molecule has 2 amide bonds. The number of benzene rings is 1. The molecule has 2 aliphatic heterocycles. The minimum atomic E-state index is -0.747. The van der Waals surface area contributed by atoms with Gasteiger partial charge in [-0.2, -0.15) is 0 Å². The van der Waals surface area contributed by atoms with Gasteiger partial charge in [-0.05, 0) is 43.7 Å². The lowest BCUT2D eigenvalue weighted by Crippen LogP contribution is -2.57. The first-order valence-electron chi connectivity index (χ1n) is 13.5. The van der Waals surface area contributed by atoms with E-state index in [0.717, 1.165) is 50.0 Å². The lowest BCUT2D eigenvalue weighted by molar-refractivity contribution is -0.145. The van der Waals surface area contributed by atoms with Crippen molar-refractivity contribution in [3.8, 4) is 0 Å². The van der Waals surface area contributed by atoms with Crippen molar-refractivity contribution in [2.45, 2.75) is 82.5 Å². The number of nitrogens with zero attached hydrogens (tertiary/aromatic N) is 5. The molecule has 3 heterocycles. The first-order chi connectivity index (χ1) is 17.6. The highest BCUT2D eigenvalue weighted by molar-refractivity contribution is 5.90. The molecule has 2 unspecified atom stereocenters. The monoisotopic (exact) mass is 508 g/mol. The number of likely N-dealkylation sites (tertiary alicyclic amines) is 2. The van der Waals surface area contributed by atoms with Gasteiger partial charge in [-0.15, -0.1) is 5.10 Å². The van der Waals surface area contributed by atoms with Gasteiger partial charge in [-0.25, -0.2) is 4.68 Å². The first-order valence-corrected chi connectivity index (χ1v) is 13.5. The van der Waals surface area contributed by atoms with Crippen molar-refractivity contribution in [2.24, 2.45) is 5.41 Å². The zero-order valence-electron chi connectivity index (χ0n) is 22.4. The van der Waals surface area contributed by atoms with Crippen LogP contribution >= 0.6 is 0 Å². The van der Waals surface area contributed by atoms with Gasteiger partial charge < -0.3 is 20.2 Å². The molecule has 2 aromatic rings. The molecular weight excluding hydrogens is 468 g/mol. The fourth-order valence-electron chi connectivity index (χ4n) is 5.89. The lowest BCUT2D eigenvalue weighted by atomic mass is 9.80. The number of carbonyl (C=O) groups is 2. The van der Waals surface area contributed by atoms with Crippen LogP contribution in [0.2, 0.25) is 0 Å². The Morgan fingerprint density at radius 3 is 2.43 bits per heavy atom. The van der Waals surface area contributed by atoms with Gasteiger partial charge in [0, 0.05) is 38.2 Å². The zero-order valence-corrected chi connectivity index (χ0v) is 22.4. The molecule has 37 heavy (non-hydrogen) atoms. The van der Waals surface area contributed by atoms with E-state index in [0.29, 0.717) is 5.92 Å². The van der Waals surface area contributed by atoms with Crippen molar-refractivity contribution in [1.29, 1.82) is 0 Å². The molecule has 3 aliphatic rings. The van der Waals surface area contributed by atoms with Gasteiger partial charge in [0.05, 0.1) is 17.3 Å². The second kappa shape index (κ2) is 9.83. The summed E-state index contributed by atoms with van der Waals surface area (Å²) in [7, 11) is 2.09. The normalized spacial score (nSPS) is 25.2. The van der Waals surface area contributed by atoms with Crippen LogP contribution in [-0.4, -0.2) is 80.5 Å². The van der Waals surface area contributed by atoms with E-state index < -0.39 is 29.1 Å². The molecule has 1 aromatic heterocycles. The largest absolute Gasteiger partial charge is 0.391 e. The molecule has 0 spiro atoms. The van der Waals surface area contributed by atoms with Crippen molar-refractivity contribution >= 4 is 11.8 Å². The van der Waals surface area contributed by atoms with Crippen LogP contribution in [0.3, 0.4) is 0 Å². The van der Waals surface area contributed by atoms with Gasteiger partial charge in [-0.3, -0.25) is 9.59 Å². The summed E-state index contributed by atoms with van der Waals surface area (Å²) in [6.07, 6.45) is 5.15. The van der Waals surface area contributed by atoms with E-state index in [1.54, 1.807) is 9.58 Å². The van der Waals surface area contributed by atoms with Crippen molar-refractivity contribution in [1.82, 2.24) is 30.1 Å². The highest BCUT2D eigenvalue weighted by atomic mass is 16.3. The summed E-state index contributed by atoms with van der Waals surface area (Å²) >= 11 is 0. The quantitative estimate of drug-likeness (QED) is 0.621. The molecule has 3 atom stereocenters. The van der Waals surface area contributed by atoms with E-state index in [9.17, 15) is 14.7 Å². The summed E-state index contributed by atoms with van der Waals surface area (Å²) < 4.78 is 1.66. The maximum absolute atomic E-state index is 14.1. The summed E-state index contributed by atoms with van der Waals surface area (Å²) in [6, 6.07) is 8.74. The fourth-order valence-corrected chi connectivity index (χ4v) is 5.89. The standard InChI is InChI=1S/C28H40N6O3/c1-27(2,3)24(34-18-22(30-31-34)19-10-11-19)26(37)33-17-21(35)16-23(33)25(36)29-28(12-14-32(4)15-13-28)20-8-6-5-7-9-20/h5-9,18-19,21,23-24,35H,10-17H2,1-4H3,(H,29,36)/t21?,23?,24-/m1/s1. The molecule has 2 saturated heterocycles. The zero-order chi connectivity index (χ0) is 26.4. The molecule has 0 radical (unpaired) electrons. The number of carbonyl (C=O) groups excluding carboxylic acids is 2. The average Bonchev–Trinajstić information content (AvgIpc) is 3.47. The van der Waals surface area contributed by atoms with E-state index in [4.69, 9.17) is 0 Å². The topological polar surface area (TPSA) is 104 Å². The smallest absolute Gasteiger partial charge is 0.248 e. The van der Waals surface area contributed by atoms with Crippen LogP contribution in [0.1, 0.15) is 76.1 Å². The molecule has 5 rings (SSSR count). The highest BCUT2D eigenvalue weighted by Crippen LogP contribution is 2.40. The molecule has 0 bridgehead atoms. The van der Waals surface area contributed by atoms with Crippen molar-refractivity contribution in [3.63, 3.8) is 0 Å². The minimum Gasteiger partial charge on any atom is -0.391 e. The Kier molecular flexibility index (Phi) is 6.87. The molecule has 1 aliphatic carbocycles. The Balaban J connectivity index is 1.40. The predicted molar refractivity (Wildman–Crippen MR) is 140 cm³/mol. The first kappa shape index (κ1) is 25.9. The molecule has 2 N–H and O–H groups in total. The maximum atomic E-state index is 14.1. The van der Waals surface area contributed by atoms with Crippen LogP contribution in [-0.2, 0) is 15.1 Å². The fraction of sp³-hybridized carbons (Fsp3) is 0.643. The summed E-state index contributed by atoms with van der Waals surface area (Å²) in [4.78, 5) is 31.8. The molecule has 9 nitrogen and oxygen atoms in total. The van der Waals surface area contributed by atoms with E-state index in [1.807, 2.05) is 45.2 Å². The van der Waals surface area contributed by atoms with Crippen LogP contribution in [0.15, 0.2) is 36.5 Å². The third-order valence-electron chi connectivity index (χ3n) is 8.24. The van der Waals surface area contributed by atoms with Gasteiger partial charge in [0.2, 0.25) is 11.8 Å². The van der Waals surface area contributed by atoms with Crippen molar-refractivity contribution < 1.29 is 14.7 Å². The number of aromatic nitrogens is 3. The van der Waals surface area contributed by atoms with Crippen molar-refractivity contribution in [3.05, 3.63) is 47.8 Å².